The number of anilines is 2. The van der Waals surface area contributed by atoms with Gasteiger partial charge in [0, 0.05) is 23.8 Å². The number of halogens is 1. The van der Waals surface area contributed by atoms with E-state index in [1.165, 1.54) is 10.7 Å². The molecule has 2 aromatic carbocycles. The van der Waals surface area contributed by atoms with Gasteiger partial charge < -0.3 is 10.6 Å². The molecule has 0 aliphatic carbocycles. The van der Waals surface area contributed by atoms with Gasteiger partial charge in [0.05, 0.1) is 6.42 Å². The third-order valence-electron chi connectivity index (χ3n) is 3.67. The van der Waals surface area contributed by atoms with E-state index in [2.05, 4.69) is 15.7 Å². The number of rotatable bonds is 5. The molecule has 1 aromatic heterocycles. The number of benzene rings is 2. The number of carbonyl (C=O) groups is 2. The molecular formula is C19H17ClN4O2. The van der Waals surface area contributed by atoms with E-state index in [-0.39, 0.29) is 23.9 Å². The predicted octanol–water partition coefficient (Wildman–Crippen LogP) is 3.51. The maximum Gasteiger partial charge on any atom is 0.276 e. The zero-order chi connectivity index (χ0) is 18.5. The molecule has 0 spiro atoms. The van der Waals surface area contributed by atoms with Crippen LogP contribution in [0.15, 0.2) is 60.7 Å². The van der Waals surface area contributed by atoms with Gasteiger partial charge in [-0.25, -0.2) is 0 Å². The minimum Gasteiger partial charge on any atom is -0.321 e. The summed E-state index contributed by atoms with van der Waals surface area (Å²) in [6.45, 7) is 0. The van der Waals surface area contributed by atoms with Gasteiger partial charge in [0.25, 0.3) is 5.91 Å². The fraction of sp³-hybridized carbons (Fsp3) is 0.105. The van der Waals surface area contributed by atoms with Crippen LogP contribution in [0.3, 0.4) is 0 Å². The Kier molecular flexibility index (Phi) is 5.34. The van der Waals surface area contributed by atoms with E-state index in [9.17, 15) is 9.59 Å². The number of carbonyl (C=O) groups excluding carboxylic acids is 2. The van der Waals surface area contributed by atoms with Crippen LogP contribution in [0.1, 0.15) is 16.1 Å². The zero-order valence-electron chi connectivity index (χ0n) is 14.1. The van der Waals surface area contributed by atoms with Crippen LogP contribution in [0, 0.1) is 0 Å². The van der Waals surface area contributed by atoms with Crippen molar-refractivity contribution in [2.75, 3.05) is 10.6 Å². The summed E-state index contributed by atoms with van der Waals surface area (Å²) >= 11 is 5.91. The summed E-state index contributed by atoms with van der Waals surface area (Å²) in [4.78, 5) is 24.5. The van der Waals surface area contributed by atoms with Crippen molar-refractivity contribution in [2.24, 2.45) is 7.05 Å². The van der Waals surface area contributed by atoms with Gasteiger partial charge in [-0.2, -0.15) is 5.10 Å². The second kappa shape index (κ2) is 7.84. The van der Waals surface area contributed by atoms with Crippen LogP contribution in [0.25, 0.3) is 0 Å². The molecule has 6 nitrogen and oxygen atoms in total. The third-order valence-corrected chi connectivity index (χ3v) is 3.91. The molecule has 0 fully saturated rings. The van der Waals surface area contributed by atoms with E-state index < -0.39 is 0 Å². The molecular weight excluding hydrogens is 352 g/mol. The first kappa shape index (κ1) is 17.7. The van der Waals surface area contributed by atoms with E-state index in [4.69, 9.17) is 11.6 Å². The van der Waals surface area contributed by atoms with E-state index in [0.29, 0.717) is 16.5 Å². The zero-order valence-corrected chi connectivity index (χ0v) is 14.8. The molecule has 3 rings (SSSR count). The fourth-order valence-corrected chi connectivity index (χ4v) is 2.62. The fourth-order valence-electron chi connectivity index (χ4n) is 2.42. The molecule has 7 heteroatoms. The Labute approximate surface area is 155 Å². The van der Waals surface area contributed by atoms with Gasteiger partial charge in [-0.1, -0.05) is 48.0 Å². The Balaban J connectivity index is 1.66. The quantitative estimate of drug-likeness (QED) is 0.723. The summed E-state index contributed by atoms with van der Waals surface area (Å²) in [7, 11) is 1.66. The van der Waals surface area contributed by atoms with Crippen molar-refractivity contribution in [3.63, 3.8) is 0 Å². The molecule has 0 radical (unpaired) electrons. The van der Waals surface area contributed by atoms with Gasteiger partial charge in [0.15, 0.2) is 5.69 Å². The maximum atomic E-state index is 12.3. The Morgan fingerprint density at radius 2 is 1.81 bits per heavy atom. The van der Waals surface area contributed by atoms with Crippen LogP contribution >= 0.6 is 11.6 Å². The summed E-state index contributed by atoms with van der Waals surface area (Å²) in [6.07, 6.45) is 0.246. The normalized spacial score (nSPS) is 10.4. The minimum absolute atomic E-state index is 0.180. The van der Waals surface area contributed by atoms with Gasteiger partial charge in [-0.15, -0.1) is 0 Å². The van der Waals surface area contributed by atoms with Crippen LogP contribution in [0.5, 0.6) is 0 Å². The van der Waals surface area contributed by atoms with Gasteiger partial charge >= 0.3 is 0 Å². The lowest BCUT2D eigenvalue weighted by Gasteiger charge is -2.04. The van der Waals surface area contributed by atoms with Crippen LogP contribution in [0.4, 0.5) is 11.5 Å². The predicted molar refractivity (Wildman–Crippen MR) is 101 cm³/mol. The summed E-state index contributed by atoms with van der Waals surface area (Å²) < 4.78 is 1.45. The molecule has 0 unspecified atom stereocenters. The van der Waals surface area contributed by atoms with Crippen molar-refractivity contribution in [1.82, 2.24) is 9.78 Å². The van der Waals surface area contributed by atoms with Gasteiger partial charge in [0.2, 0.25) is 5.91 Å². The van der Waals surface area contributed by atoms with Crippen molar-refractivity contribution < 1.29 is 9.59 Å². The largest absolute Gasteiger partial charge is 0.321 e. The van der Waals surface area contributed by atoms with Crippen molar-refractivity contribution >= 4 is 34.9 Å². The molecule has 26 heavy (non-hydrogen) atoms. The average Bonchev–Trinajstić information content (AvgIpc) is 2.96. The van der Waals surface area contributed by atoms with Crippen molar-refractivity contribution in [3.05, 3.63) is 76.9 Å². The van der Waals surface area contributed by atoms with Gasteiger partial charge in [-0.3, -0.25) is 14.3 Å². The summed E-state index contributed by atoms with van der Waals surface area (Å²) in [6, 6.07) is 17.8. The molecule has 0 saturated heterocycles. The minimum atomic E-state index is -0.383. The Morgan fingerprint density at radius 1 is 1.04 bits per heavy atom. The first-order valence-electron chi connectivity index (χ1n) is 7.96. The first-order valence-corrected chi connectivity index (χ1v) is 8.34. The standard InChI is InChI=1S/C19H17ClN4O2/c1-24-17(22-18(25)10-13-6-3-2-4-7-13)12-16(23-24)19(26)21-15-9-5-8-14(20)11-15/h2-9,11-12H,10H2,1H3,(H,21,26)(H,22,25). The molecule has 3 aromatic rings. The SMILES string of the molecule is Cn1nc(C(=O)Nc2cccc(Cl)c2)cc1NC(=O)Cc1ccccc1. The van der Waals surface area contributed by atoms with Crippen molar-refractivity contribution in [3.8, 4) is 0 Å². The van der Waals surface area contributed by atoms with Crippen LogP contribution in [-0.4, -0.2) is 21.6 Å². The Bertz CT molecular complexity index is 938. The number of nitrogens with one attached hydrogen (secondary N) is 2. The highest BCUT2D eigenvalue weighted by Gasteiger charge is 2.15. The summed E-state index contributed by atoms with van der Waals surface area (Å²) in [5, 5.41) is 10.2. The van der Waals surface area contributed by atoms with Crippen molar-refractivity contribution in [1.29, 1.82) is 0 Å². The number of aromatic nitrogens is 2. The molecule has 0 bridgehead atoms. The lowest BCUT2D eigenvalue weighted by atomic mass is 10.1. The first-order chi connectivity index (χ1) is 12.5. The number of hydrogen-bond donors (Lipinski definition) is 2. The molecule has 0 atom stereocenters. The smallest absolute Gasteiger partial charge is 0.276 e. The second-order valence-corrected chi connectivity index (χ2v) is 6.15. The molecule has 0 aliphatic heterocycles. The number of nitrogens with zero attached hydrogens (tertiary/aromatic N) is 2. The molecule has 1 heterocycles. The molecule has 0 saturated carbocycles. The number of hydrogen-bond acceptors (Lipinski definition) is 3. The topological polar surface area (TPSA) is 76.0 Å². The summed E-state index contributed by atoms with van der Waals surface area (Å²) in [5.41, 5.74) is 1.68. The van der Waals surface area contributed by atoms with E-state index in [1.807, 2.05) is 30.3 Å². The van der Waals surface area contributed by atoms with Crippen LogP contribution < -0.4 is 10.6 Å². The highest BCUT2D eigenvalue weighted by atomic mass is 35.5. The lowest BCUT2D eigenvalue weighted by Crippen LogP contribution is -2.16. The van der Waals surface area contributed by atoms with Crippen LogP contribution in [0.2, 0.25) is 5.02 Å². The van der Waals surface area contributed by atoms with E-state index in [1.54, 1.807) is 31.3 Å². The van der Waals surface area contributed by atoms with E-state index >= 15 is 0 Å². The molecule has 2 N–H and O–H groups in total. The number of aryl methyl sites for hydroxylation is 1. The summed E-state index contributed by atoms with van der Waals surface area (Å²) in [5.74, 6) is -0.116. The lowest BCUT2D eigenvalue weighted by molar-refractivity contribution is -0.115. The monoisotopic (exact) mass is 368 g/mol. The van der Waals surface area contributed by atoms with E-state index in [0.717, 1.165) is 5.56 Å². The Morgan fingerprint density at radius 3 is 2.54 bits per heavy atom. The Hall–Kier alpha value is -3.12. The van der Waals surface area contributed by atoms with Gasteiger partial charge in [-0.05, 0) is 23.8 Å². The highest BCUT2D eigenvalue weighted by molar-refractivity contribution is 6.30. The third kappa shape index (κ3) is 4.49. The van der Waals surface area contributed by atoms with Crippen LogP contribution in [-0.2, 0) is 18.3 Å². The average molecular weight is 369 g/mol. The van der Waals surface area contributed by atoms with Crippen molar-refractivity contribution in [2.45, 2.75) is 6.42 Å². The highest BCUT2D eigenvalue weighted by Crippen LogP contribution is 2.17. The molecule has 0 aliphatic rings. The second-order valence-electron chi connectivity index (χ2n) is 5.71. The number of amides is 2. The molecule has 132 valence electrons. The molecule has 2 amide bonds. The van der Waals surface area contributed by atoms with Gasteiger partial charge in [0.1, 0.15) is 5.82 Å². The maximum absolute atomic E-state index is 12.3.